The van der Waals surface area contributed by atoms with Gasteiger partial charge >= 0.3 is 0 Å². The fourth-order valence-electron chi connectivity index (χ4n) is 2.57. The first kappa shape index (κ1) is 15.4. The SMILES string of the molecule is CCCc1nn(C)c(N(CCO)Cc2ccccc2)c1N. The van der Waals surface area contributed by atoms with Crippen LogP contribution in [-0.4, -0.2) is 28.0 Å². The molecular weight excluding hydrogens is 264 g/mol. The van der Waals surface area contributed by atoms with Crippen LogP contribution in [0.25, 0.3) is 0 Å². The average Bonchev–Trinajstić information content (AvgIpc) is 2.75. The maximum atomic E-state index is 9.36. The number of rotatable bonds is 7. The zero-order valence-corrected chi connectivity index (χ0v) is 12.8. The van der Waals surface area contributed by atoms with Crippen LogP contribution in [0.4, 0.5) is 11.5 Å². The zero-order chi connectivity index (χ0) is 15.2. The Hall–Kier alpha value is -2.01. The van der Waals surface area contributed by atoms with Gasteiger partial charge in [-0.3, -0.25) is 4.68 Å². The number of hydrogen-bond donors (Lipinski definition) is 2. The van der Waals surface area contributed by atoms with Gasteiger partial charge in [0, 0.05) is 20.1 Å². The van der Waals surface area contributed by atoms with Crippen molar-refractivity contribution in [1.29, 1.82) is 0 Å². The fraction of sp³-hybridized carbons (Fsp3) is 0.438. The van der Waals surface area contributed by atoms with Crippen molar-refractivity contribution in [2.45, 2.75) is 26.3 Å². The lowest BCUT2D eigenvalue weighted by Gasteiger charge is -2.24. The molecular formula is C16H24N4O. The molecule has 0 saturated carbocycles. The van der Waals surface area contributed by atoms with E-state index in [9.17, 15) is 5.11 Å². The van der Waals surface area contributed by atoms with Crippen molar-refractivity contribution in [3.63, 3.8) is 0 Å². The highest BCUT2D eigenvalue weighted by Gasteiger charge is 2.18. The van der Waals surface area contributed by atoms with Gasteiger partial charge in [0.2, 0.25) is 0 Å². The summed E-state index contributed by atoms with van der Waals surface area (Å²) in [5.41, 5.74) is 9.11. The van der Waals surface area contributed by atoms with E-state index in [1.165, 1.54) is 5.56 Å². The van der Waals surface area contributed by atoms with E-state index in [1.807, 2.05) is 29.9 Å². The van der Waals surface area contributed by atoms with Gasteiger partial charge < -0.3 is 15.7 Å². The Bertz CT molecular complexity index is 565. The van der Waals surface area contributed by atoms with Crippen LogP contribution in [0, 0.1) is 0 Å². The molecule has 0 aliphatic rings. The molecule has 0 aliphatic carbocycles. The molecule has 0 spiro atoms. The predicted molar refractivity (Wildman–Crippen MR) is 86.2 cm³/mol. The molecule has 21 heavy (non-hydrogen) atoms. The maximum Gasteiger partial charge on any atom is 0.150 e. The monoisotopic (exact) mass is 288 g/mol. The summed E-state index contributed by atoms with van der Waals surface area (Å²) in [5.74, 6) is 0.886. The minimum absolute atomic E-state index is 0.0839. The molecule has 0 amide bonds. The van der Waals surface area contributed by atoms with Crippen molar-refractivity contribution in [2.75, 3.05) is 23.8 Å². The lowest BCUT2D eigenvalue weighted by Crippen LogP contribution is -2.28. The molecule has 5 heteroatoms. The van der Waals surface area contributed by atoms with Gasteiger partial charge in [0.25, 0.3) is 0 Å². The van der Waals surface area contributed by atoms with E-state index in [2.05, 4.69) is 29.1 Å². The number of hydrogen-bond acceptors (Lipinski definition) is 4. The van der Waals surface area contributed by atoms with Crippen LogP contribution >= 0.6 is 0 Å². The van der Waals surface area contributed by atoms with Crippen molar-refractivity contribution in [2.24, 2.45) is 7.05 Å². The molecule has 0 bridgehead atoms. The third-order valence-corrected chi connectivity index (χ3v) is 3.50. The molecule has 0 unspecified atom stereocenters. The van der Waals surface area contributed by atoms with Crippen molar-refractivity contribution < 1.29 is 5.11 Å². The van der Waals surface area contributed by atoms with Crippen LogP contribution in [0.2, 0.25) is 0 Å². The fourth-order valence-corrected chi connectivity index (χ4v) is 2.57. The third-order valence-electron chi connectivity index (χ3n) is 3.50. The summed E-state index contributed by atoms with van der Waals surface area (Å²) < 4.78 is 1.82. The number of benzene rings is 1. The smallest absolute Gasteiger partial charge is 0.150 e. The van der Waals surface area contributed by atoms with Gasteiger partial charge in [0.05, 0.1) is 18.0 Å². The van der Waals surface area contributed by atoms with Crippen LogP contribution in [0.1, 0.15) is 24.6 Å². The summed E-state index contributed by atoms with van der Waals surface area (Å²) in [5, 5.41) is 13.9. The average molecular weight is 288 g/mol. The quantitative estimate of drug-likeness (QED) is 0.817. The summed E-state index contributed by atoms with van der Waals surface area (Å²) in [6.07, 6.45) is 1.89. The van der Waals surface area contributed by atoms with E-state index in [0.717, 1.165) is 30.0 Å². The Morgan fingerprint density at radius 3 is 2.62 bits per heavy atom. The Kier molecular flexibility index (Phi) is 5.22. The normalized spacial score (nSPS) is 10.8. The first-order valence-electron chi connectivity index (χ1n) is 7.38. The minimum Gasteiger partial charge on any atom is -0.395 e. The molecule has 2 aromatic rings. The largest absolute Gasteiger partial charge is 0.395 e. The third kappa shape index (κ3) is 3.55. The molecule has 114 valence electrons. The van der Waals surface area contributed by atoms with E-state index < -0.39 is 0 Å². The maximum absolute atomic E-state index is 9.36. The summed E-state index contributed by atoms with van der Waals surface area (Å²) in [4.78, 5) is 2.08. The van der Waals surface area contributed by atoms with Gasteiger partial charge in [-0.25, -0.2) is 0 Å². The predicted octanol–water partition coefficient (Wildman–Crippen LogP) is 1.95. The first-order valence-corrected chi connectivity index (χ1v) is 7.38. The zero-order valence-electron chi connectivity index (χ0n) is 12.8. The molecule has 2 rings (SSSR count). The molecule has 0 atom stereocenters. The van der Waals surface area contributed by atoms with E-state index in [0.29, 0.717) is 13.1 Å². The van der Waals surface area contributed by atoms with E-state index in [1.54, 1.807) is 0 Å². The highest BCUT2D eigenvalue weighted by molar-refractivity contribution is 5.66. The van der Waals surface area contributed by atoms with Crippen molar-refractivity contribution in [1.82, 2.24) is 9.78 Å². The van der Waals surface area contributed by atoms with Crippen LogP contribution in [0.15, 0.2) is 30.3 Å². The number of nitrogen functional groups attached to an aromatic ring is 1. The Labute approximate surface area is 126 Å². The van der Waals surface area contributed by atoms with Crippen molar-refractivity contribution in [3.05, 3.63) is 41.6 Å². The first-order chi connectivity index (χ1) is 10.2. The second-order valence-corrected chi connectivity index (χ2v) is 5.19. The molecule has 1 aromatic heterocycles. The molecule has 0 aliphatic heterocycles. The van der Waals surface area contributed by atoms with Crippen LogP contribution in [0.3, 0.4) is 0 Å². The Morgan fingerprint density at radius 1 is 1.29 bits per heavy atom. The molecule has 0 radical (unpaired) electrons. The highest BCUT2D eigenvalue weighted by atomic mass is 16.3. The molecule has 0 fully saturated rings. The number of aliphatic hydroxyl groups is 1. The number of anilines is 2. The lowest BCUT2D eigenvalue weighted by atomic mass is 10.2. The summed E-state index contributed by atoms with van der Waals surface area (Å²) >= 11 is 0. The molecule has 5 nitrogen and oxygen atoms in total. The van der Waals surface area contributed by atoms with Crippen LogP contribution in [-0.2, 0) is 20.0 Å². The van der Waals surface area contributed by atoms with Gasteiger partial charge in [-0.2, -0.15) is 5.10 Å². The standard InChI is InChI=1S/C16H24N4O/c1-3-7-14-15(17)16(19(2)18-14)20(10-11-21)12-13-8-5-4-6-9-13/h4-6,8-9,21H,3,7,10-12,17H2,1-2H3. The van der Waals surface area contributed by atoms with Gasteiger partial charge in [0.15, 0.2) is 5.82 Å². The van der Waals surface area contributed by atoms with Crippen molar-refractivity contribution in [3.8, 4) is 0 Å². The van der Waals surface area contributed by atoms with Gasteiger partial charge in [0.1, 0.15) is 0 Å². The minimum atomic E-state index is 0.0839. The topological polar surface area (TPSA) is 67.3 Å². The van der Waals surface area contributed by atoms with Gasteiger partial charge in [-0.05, 0) is 12.0 Å². The lowest BCUT2D eigenvalue weighted by molar-refractivity contribution is 0.301. The van der Waals surface area contributed by atoms with E-state index in [4.69, 9.17) is 5.73 Å². The van der Waals surface area contributed by atoms with E-state index >= 15 is 0 Å². The number of nitrogens with two attached hydrogens (primary N) is 1. The molecule has 0 saturated heterocycles. The summed E-state index contributed by atoms with van der Waals surface area (Å²) in [6.45, 7) is 3.44. The van der Waals surface area contributed by atoms with Gasteiger partial charge in [-0.1, -0.05) is 43.7 Å². The number of aromatic nitrogens is 2. The second kappa shape index (κ2) is 7.13. The molecule has 1 heterocycles. The van der Waals surface area contributed by atoms with Crippen LogP contribution < -0.4 is 10.6 Å². The Morgan fingerprint density at radius 2 is 2.00 bits per heavy atom. The van der Waals surface area contributed by atoms with Gasteiger partial charge in [-0.15, -0.1) is 0 Å². The second-order valence-electron chi connectivity index (χ2n) is 5.19. The number of aryl methyl sites for hydroxylation is 2. The molecule has 1 aromatic carbocycles. The van der Waals surface area contributed by atoms with Crippen molar-refractivity contribution >= 4 is 11.5 Å². The molecule has 3 N–H and O–H groups in total. The van der Waals surface area contributed by atoms with Crippen LogP contribution in [0.5, 0.6) is 0 Å². The number of aliphatic hydroxyl groups excluding tert-OH is 1. The summed E-state index contributed by atoms with van der Waals surface area (Å²) in [6, 6.07) is 10.2. The Balaban J connectivity index is 2.29. The van der Waals surface area contributed by atoms with E-state index in [-0.39, 0.29) is 6.61 Å². The highest BCUT2D eigenvalue weighted by Crippen LogP contribution is 2.28. The number of nitrogens with zero attached hydrogens (tertiary/aromatic N) is 3. The summed E-state index contributed by atoms with van der Waals surface area (Å²) in [7, 11) is 1.90.